The number of pyridine rings is 1. The minimum absolute atomic E-state index is 0.0154. The van der Waals surface area contributed by atoms with Gasteiger partial charge in [0, 0.05) is 43.0 Å². The van der Waals surface area contributed by atoms with Crippen molar-refractivity contribution >= 4 is 38.3 Å². The number of esters is 1. The van der Waals surface area contributed by atoms with E-state index in [-0.39, 0.29) is 43.8 Å². The zero-order valence-electron chi connectivity index (χ0n) is 26.4. The molecule has 5 rings (SSSR count). The summed E-state index contributed by atoms with van der Waals surface area (Å²) in [7, 11) is -4.48. The zero-order chi connectivity index (χ0) is 33.8. The lowest BCUT2D eigenvalue weighted by molar-refractivity contribution is -0.387. The fraction of sp³-hybridized carbons (Fsp3) is 0.406. The molecule has 47 heavy (non-hydrogen) atoms. The van der Waals surface area contributed by atoms with E-state index in [0.717, 1.165) is 29.6 Å². The molecule has 1 aliphatic heterocycles. The number of hydrogen-bond acceptors (Lipinski definition) is 11. The number of sulfonamides is 1. The molecule has 1 N–H and O–H groups in total. The fourth-order valence-corrected chi connectivity index (χ4v) is 7.02. The highest BCUT2D eigenvalue weighted by Gasteiger charge is 2.32. The molecular weight excluding hydrogens is 630 g/mol. The topological polar surface area (TPSA) is 176 Å². The molecule has 4 aromatic rings. The molecular formula is C32H37N5O9S. The van der Waals surface area contributed by atoms with Crippen LogP contribution in [0.3, 0.4) is 0 Å². The van der Waals surface area contributed by atoms with E-state index in [2.05, 4.69) is 4.98 Å². The molecule has 0 amide bonds. The van der Waals surface area contributed by atoms with Crippen molar-refractivity contribution < 1.29 is 37.5 Å². The van der Waals surface area contributed by atoms with Gasteiger partial charge in [0.15, 0.2) is 11.1 Å². The quantitative estimate of drug-likeness (QED) is 0.0891. The molecule has 1 saturated heterocycles. The van der Waals surface area contributed by atoms with Crippen LogP contribution in [0.25, 0.3) is 22.2 Å². The van der Waals surface area contributed by atoms with Gasteiger partial charge in [0.05, 0.1) is 22.3 Å². The second kappa shape index (κ2) is 14.0. The van der Waals surface area contributed by atoms with Crippen LogP contribution in [0.4, 0.5) is 11.4 Å². The highest BCUT2D eigenvalue weighted by molar-refractivity contribution is 7.93. The van der Waals surface area contributed by atoms with Crippen molar-refractivity contribution in [2.24, 2.45) is 0 Å². The highest BCUT2D eigenvalue weighted by atomic mass is 32.2. The molecule has 2 aromatic carbocycles. The second-order valence-electron chi connectivity index (χ2n) is 12.0. The smallest absolute Gasteiger partial charge is 0.332 e. The van der Waals surface area contributed by atoms with Crippen molar-refractivity contribution in [1.29, 1.82) is 0 Å². The zero-order valence-corrected chi connectivity index (χ0v) is 27.2. The van der Waals surface area contributed by atoms with Crippen molar-refractivity contribution in [3.8, 4) is 17.0 Å². The van der Waals surface area contributed by atoms with Gasteiger partial charge in [0.1, 0.15) is 23.7 Å². The van der Waals surface area contributed by atoms with E-state index in [4.69, 9.17) is 19.3 Å². The Balaban J connectivity index is 1.55. The van der Waals surface area contributed by atoms with Crippen LogP contribution in [0, 0.1) is 10.1 Å². The van der Waals surface area contributed by atoms with Gasteiger partial charge in [-0.2, -0.15) is 5.10 Å². The minimum Gasteiger partial charge on any atom is -0.506 e. The lowest BCUT2D eigenvalue weighted by Gasteiger charge is -2.25. The number of carbonyl (C=O) groups is 1. The molecule has 0 aliphatic carbocycles. The minimum atomic E-state index is -4.48. The van der Waals surface area contributed by atoms with Gasteiger partial charge in [-0.1, -0.05) is 12.1 Å². The van der Waals surface area contributed by atoms with Gasteiger partial charge in [-0.05, 0) is 76.8 Å². The lowest BCUT2D eigenvalue weighted by Crippen LogP contribution is -2.33. The number of nitrogens with zero attached hydrogens (tertiary/aromatic N) is 5. The van der Waals surface area contributed by atoms with Gasteiger partial charge in [-0.3, -0.25) is 19.4 Å². The summed E-state index contributed by atoms with van der Waals surface area (Å²) in [6.45, 7) is 5.36. The molecule has 1 fully saturated rings. The van der Waals surface area contributed by atoms with Crippen molar-refractivity contribution in [3.63, 3.8) is 0 Å². The molecule has 2 aromatic heterocycles. The summed E-state index contributed by atoms with van der Waals surface area (Å²) in [5.41, 5.74) is 0.602. The molecule has 0 radical (unpaired) electrons. The third-order valence-corrected chi connectivity index (χ3v) is 9.20. The van der Waals surface area contributed by atoms with Gasteiger partial charge in [0.2, 0.25) is 0 Å². The number of nitro benzene ring substituents is 1. The molecule has 15 heteroatoms. The Bertz CT molecular complexity index is 1860. The largest absolute Gasteiger partial charge is 0.506 e. The van der Waals surface area contributed by atoms with Crippen molar-refractivity contribution in [1.82, 2.24) is 14.8 Å². The first-order valence-electron chi connectivity index (χ1n) is 15.2. The van der Waals surface area contributed by atoms with E-state index in [1.165, 1.54) is 30.5 Å². The summed E-state index contributed by atoms with van der Waals surface area (Å²) in [4.78, 5) is 26.8. The Hall–Kier alpha value is -4.60. The van der Waals surface area contributed by atoms with E-state index in [1.807, 2.05) is 0 Å². The number of benzene rings is 2. The van der Waals surface area contributed by atoms with Crippen LogP contribution in [-0.2, 0) is 29.0 Å². The average Bonchev–Trinajstić information content (AvgIpc) is 3.41. The molecule has 3 heterocycles. The summed E-state index contributed by atoms with van der Waals surface area (Å²) >= 11 is 0. The maximum atomic E-state index is 14.2. The van der Waals surface area contributed by atoms with Crippen molar-refractivity contribution in [2.75, 3.05) is 30.7 Å². The van der Waals surface area contributed by atoms with Crippen LogP contribution in [0.15, 0.2) is 65.8 Å². The number of rotatable bonds is 12. The summed E-state index contributed by atoms with van der Waals surface area (Å²) in [6, 6.07) is 11.7. The summed E-state index contributed by atoms with van der Waals surface area (Å²) in [6.07, 6.45) is 5.27. The van der Waals surface area contributed by atoms with E-state index in [9.17, 15) is 28.4 Å². The average molecular weight is 668 g/mol. The number of aromatic nitrogens is 3. The van der Waals surface area contributed by atoms with E-state index in [0.29, 0.717) is 28.8 Å². The van der Waals surface area contributed by atoms with Gasteiger partial charge < -0.3 is 19.3 Å². The molecule has 1 atom stereocenters. The molecule has 250 valence electrons. The Morgan fingerprint density at radius 2 is 1.96 bits per heavy atom. The maximum absolute atomic E-state index is 14.2. The third-order valence-electron chi connectivity index (χ3n) is 7.32. The monoisotopic (exact) mass is 667 g/mol. The molecule has 1 aliphatic rings. The predicted octanol–water partition coefficient (Wildman–Crippen LogP) is 5.35. The Morgan fingerprint density at radius 3 is 2.66 bits per heavy atom. The van der Waals surface area contributed by atoms with Crippen LogP contribution in [0.2, 0.25) is 0 Å². The molecule has 0 saturated carbocycles. The van der Waals surface area contributed by atoms with Crippen molar-refractivity contribution in [2.45, 2.75) is 63.2 Å². The summed E-state index contributed by atoms with van der Waals surface area (Å²) < 4.78 is 48.0. The first-order valence-corrected chi connectivity index (χ1v) is 16.6. The predicted molar refractivity (Wildman–Crippen MR) is 172 cm³/mol. The third kappa shape index (κ3) is 7.86. The molecule has 14 nitrogen and oxygen atoms in total. The van der Waals surface area contributed by atoms with Gasteiger partial charge in [-0.15, -0.1) is 0 Å². The fourth-order valence-electron chi connectivity index (χ4n) is 5.36. The maximum Gasteiger partial charge on any atom is 0.332 e. The number of para-hydroxylation sites is 1. The Kier molecular flexibility index (Phi) is 10.1. The normalized spacial score (nSPS) is 15.4. The number of nitro groups is 1. The highest BCUT2D eigenvalue weighted by Crippen LogP contribution is 2.37. The van der Waals surface area contributed by atoms with Crippen LogP contribution in [-0.4, -0.2) is 71.1 Å². The first-order chi connectivity index (χ1) is 22.3. The number of aromatic hydroxyl groups is 1. The van der Waals surface area contributed by atoms with E-state index < -0.39 is 37.1 Å². The van der Waals surface area contributed by atoms with E-state index >= 15 is 0 Å². The van der Waals surface area contributed by atoms with Crippen molar-refractivity contribution in [3.05, 3.63) is 71.0 Å². The molecule has 0 spiro atoms. The van der Waals surface area contributed by atoms with Gasteiger partial charge in [0.25, 0.3) is 15.7 Å². The molecule has 1 unspecified atom stereocenters. The van der Waals surface area contributed by atoms with Crippen LogP contribution >= 0.6 is 0 Å². The van der Waals surface area contributed by atoms with Crippen LogP contribution < -0.4 is 4.31 Å². The SMILES string of the molecule is CC(C)(C)OC(=O)COCCCN(c1ccc2c(c1)c(-c1cncc(O)c1)nn2C1CCCCO1)S(=O)(=O)c1ccccc1[N+](=O)[O-]. The Morgan fingerprint density at radius 1 is 1.17 bits per heavy atom. The second-order valence-corrected chi connectivity index (χ2v) is 13.9. The summed E-state index contributed by atoms with van der Waals surface area (Å²) in [5.74, 6) is -0.623. The first kappa shape index (κ1) is 33.8. The van der Waals surface area contributed by atoms with Crippen LogP contribution in [0.1, 0.15) is 52.7 Å². The lowest BCUT2D eigenvalue weighted by atomic mass is 10.1. The Labute approximate surface area is 272 Å². The number of ether oxygens (including phenoxy) is 3. The number of anilines is 1. The van der Waals surface area contributed by atoms with Crippen LogP contribution in [0.5, 0.6) is 5.75 Å². The van der Waals surface area contributed by atoms with Gasteiger partial charge >= 0.3 is 5.97 Å². The summed E-state index contributed by atoms with van der Waals surface area (Å²) in [5, 5.41) is 27.4. The van der Waals surface area contributed by atoms with E-state index in [1.54, 1.807) is 49.8 Å². The standard InChI is InChI=1S/C32H37N5O9S/c1-32(2,3)46-30(39)21-44-15-8-14-35(47(42,43)28-10-5-4-9-27(28)37(40)41)23-12-13-26-25(18-23)31(22-17-24(38)20-33-19-22)34-36(26)29-11-6-7-16-45-29/h4-5,9-10,12-13,17-20,29,38H,6-8,11,14-16,21H2,1-3H3. The molecule has 0 bridgehead atoms. The number of carbonyl (C=O) groups excluding carboxylic acids is 1. The number of hydrogen-bond donors (Lipinski definition) is 1. The number of fused-ring (bicyclic) bond motifs is 1. The van der Waals surface area contributed by atoms with Gasteiger partial charge in [-0.25, -0.2) is 17.9 Å².